The highest BCUT2D eigenvalue weighted by atomic mass is 15.3. The second kappa shape index (κ2) is 3.06. The molecule has 1 heterocycles. The van der Waals surface area contributed by atoms with E-state index < -0.39 is 0 Å². The zero-order valence-corrected chi connectivity index (χ0v) is 5.39. The number of H-pyrrole nitrogens is 1. The number of aromatic nitrogens is 3. The van der Waals surface area contributed by atoms with Gasteiger partial charge < -0.3 is 5.32 Å². The van der Waals surface area contributed by atoms with Gasteiger partial charge in [0, 0.05) is 6.54 Å². The van der Waals surface area contributed by atoms with Crippen LogP contribution in [0.5, 0.6) is 0 Å². The van der Waals surface area contributed by atoms with E-state index in [1.54, 1.807) is 6.20 Å². The van der Waals surface area contributed by atoms with Crippen molar-refractivity contribution in [3.05, 3.63) is 6.20 Å². The Balaban J connectivity index is 2.30. The third-order valence-electron chi connectivity index (χ3n) is 0.973. The summed E-state index contributed by atoms with van der Waals surface area (Å²) in [6, 6.07) is 0. The normalized spacial score (nSPS) is 9.44. The molecular weight excluding hydrogens is 116 g/mol. The fraction of sp³-hybridized carbons (Fsp3) is 0.600. The molecule has 4 nitrogen and oxygen atoms in total. The number of anilines is 1. The van der Waals surface area contributed by atoms with Crippen LogP contribution in [0.1, 0.15) is 13.3 Å². The molecule has 0 radical (unpaired) electrons. The molecule has 0 aliphatic carbocycles. The van der Waals surface area contributed by atoms with Gasteiger partial charge in [-0.2, -0.15) is 0 Å². The predicted molar refractivity (Wildman–Crippen MR) is 35.2 cm³/mol. The molecule has 1 rings (SSSR count). The van der Waals surface area contributed by atoms with E-state index >= 15 is 0 Å². The summed E-state index contributed by atoms with van der Waals surface area (Å²) >= 11 is 0. The van der Waals surface area contributed by atoms with Crippen LogP contribution in [-0.2, 0) is 0 Å². The maximum Gasteiger partial charge on any atom is 0.168 e. The van der Waals surface area contributed by atoms with Crippen molar-refractivity contribution in [1.82, 2.24) is 15.4 Å². The highest BCUT2D eigenvalue weighted by Gasteiger charge is 1.88. The summed E-state index contributed by atoms with van der Waals surface area (Å²) in [7, 11) is 0. The molecule has 0 bridgehead atoms. The third kappa shape index (κ3) is 1.71. The maximum atomic E-state index is 3.74. The predicted octanol–water partition coefficient (Wildman–Crippen LogP) is 0.627. The summed E-state index contributed by atoms with van der Waals surface area (Å²) in [6.45, 7) is 3.06. The molecule has 0 amide bonds. The number of hydrogen-bond donors (Lipinski definition) is 2. The molecule has 0 aliphatic heterocycles. The van der Waals surface area contributed by atoms with Crippen molar-refractivity contribution in [2.24, 2.45) is 0 Å². The Labute approximate surface area is 53.7 Å². The summed E-state index contributed by atoms with van der Waals surface area (Å²) in [5.41, 5.74) is 0. The molecule has 1 aromatic heterocycles. The molecule has 50 valence electrons. The van der Waals surface area contributed by atoms with E-state index in [0.29, 0.717) is 0 Å². The quantitative estimate of drug-likeness (QED) is 0.624. The Morgan fingerprint density at radius 2 is 2.67 bits per heavy atom. The van der Waals surface area contributed by atoms with Crippen LogP contribution in [0.2, 0.25) is 0 Å². The number of nitrogens with one attached hydrogen (secondary N) is 2. The fourth-order valence-electron chi connectivity index (χ4n) is 0.541. The average molecular weight is 126 g/mol. The first-order valence-corrected chi connectivity index (χ1v) is 3.04. The third-order valence-corrected chi connectivity index (χ3v) is 0.973. The van der Waals surface area contributed by atoms with Gasteiger partial charge in [-0.15, -0.1) is 5.10 Å². The SMILES string of the molecule is CCCNc1c[nH]nn1. The lowest BCUT2D eigenvalue weighted by Gasteiger charge is -1.94. The van der Waals surface area contributed by atoms with Gasteiger partial charge in [-0.25, -0.2) is 0 Å². The van der Waals surface area contributed by atoms with Gasteiger partial charge in [0.2, 0.25) is 0 Å². The van der Waals surface area contributed by atoms with Crippen LogP contribution < -0.4 is 5.32 Å². The van der Waals surface area contributed by atoms with Crippen molar-refractivity contribution in [2.45, 2.75) is 13.3 Å². The van der Waals surface area contributed by atoms with Gasteiger partial charge in [-0.05, 0) is 6.42 Å². The zero-order valence-electron chi connectivity index (χ0n) is 5.39. The van der Waals surface area contributed by atoms with Crippen molar-refractivity contribution in [1.29, 1.82) is 0 Å². The van der Waals surface area contributed by atoms with Crippen molar-refractivity contribution in [3.8, 4) is 0 Å². The minimum Gasteiger partial charge on any atom is -0.367 e. The summed E-state index contributed by atoms with van der Waals surface area (Å²) in [6.07, 6.45) is 2.84. The molecule has 9 heavy (non-hydrogen) atoms. The van der Waals surface area contributed by atoms with E-state index in [4.69, 9.17) is 0 Å². The Hall–Kier alpha value is -1.06. The Morgan fingerprint density at radius 3 is 3.22 bits per heavy atom. The van der Waals surface area contributed by atoms with Gasteiger partial charge in [-0.3, -0.25) is 5.10 Å². The number of aromatic amines is 1. The van der Waals surface area contributed by atoms with Crippen LogP contribution in [-0.4, -0.2) is 22.0 Å². The summed E-state index contributed by atoms with van der Waals surface area (Å²) < 4.78 is 0. The first kappa shape index (κ1) is 6.07. The molecular formula is C5H10N4. The molecule has 0 unspecified atom stereocenters. The van der Waals surface area contributed by atoms with Gasteiger partial charge in [-0.1, -0.05) is 12.1 Å². The lowest BCUT2D eigenvalue weighted by atomic mass is 10.5. The molecule has 0 spiro atoms. The van der Waals surface area contributed by atoms with E-state index in [1.807, 2.05) is 0 Å². The number of hydrogen-bond acceptors (Lipinski definition) is 3. The summed E-state index contributed by atoms with van der Waals surface area (Å²) in [5.74, 6) is 0.817. The molecule has 0 fully saturated rings. The van der Waals surface area contributed by atoms with Crippen molar-refractivity contribution >= 4 is 5.82 Å². The van der Waals surface area contributed by atoms with Crippen LogP contribution in [0.4, 0.5) is 5.82 Å². The lowest BCUT2D eigenvalue weighted by molar-refractivity contribution is 0.925. The van der Waals surface area contributed by atoms with E-state index in [2.05, 4.69) is 27.7 Å². The smallest absolute Gasteiger partial charge is 0.168 e. The second-order valence-electron chi connectivity index (χ2n) is 1.79. The van der Waals surface area contributed by atoms with Crippen LogP contribution in [0, 0.1) is 0 Å². The van der Waals surface area contributed by atoms with Gasteiger partial charge in [0.1, 0.15) is 0 Å². The highest BCUT2D eigenvalue weighted by Crippen LogP contribution is 1.94. The Bertz CT molecular complexity index is 146. The number of nitrogens with zero attached hydrogens (tertiary/aromatic N) is 2. The minimum absolute atomic E-state index is 0.817. The molecule has 0 aromatic carbocycles. The van der Waals surface area contributed by atoms with Gasteiger partial charge in [0.25, 0.3) is 0 Å². The molecule has 2 N–H and O–H groups in total. The van der Waals surface area contributed by atoms with E-state index in [-0.39, 0.29) is 0 Å². The van der Waals surface area contributed by atoms with Gasteiger partial charge >= 0.3 is 0 Å². The van der Waals surface area contributed by atoms with E-state index in [0.717, 1.165) is 18.8 Å². The maximum absolute atomic E-state index is 3.74. The molecule has 0 saturated carbocycles. The zero-order chi connectivity index (χ0) is 6.53. The molecule has 0 saturated heterocycles. The van der Waals surface area contributed by atoms with Crippen molar-refractivity contribution < 1.29 is 0 Å². The Morgan fingerprint density at radius 1 is 1.78 bits per heavy atom. The van der Waals surface area contributed by atoms with E-state index in [1.165, 1.54) is 0 Å². The molecule has 0 aliphatic rings. The number of rotatable bonds is 3. The minimum atomic E-state index is 0.817. The summed E-state index contributed by atoms with van der Waals surface area (Å²) in [4.78, 5) is 0. The molecule has 1 aromatic rings. The van der Waals surface area contributed by atoms with Crippen LogP contribution in [0.3, 0.4) is 0 Å². The lowest BCUT2D eigenvalue weighted by Crippen LogP contribution is -1.99. The second-order valence-corrected chi connectivity index (χ2v) is 1.79. The van der Waals surface area contributed by atoms with Crippen molar-refractivity contribution in [2.75, 3.05) is 11.9 Å². The van der Waals surface area contributed by atoms with Crippen LogP contribution in [0.15, 0.2) is 6.20 Å². The highest BCUT2D eigenvalue weighted by molar-refractivity contribution is 5.27. The molecule has 0 atom stereocenters. The van der Waals surface area contributed by atoms with Crippen LogP contribution >= 0.6 is 0 Å². The van der Waals surface area contributed by atoms with Gasteiger partial charge in [0.15, 0.2) is 5.82 Å². The molecule has 4 heteroatoms. The van der Waals surface area contributed by atoms with E-state index in [9.17, 15) is 0 Å². The first-order chi connectivity index (χ1) is 4.43. The summed E-state index contributed by atoms with van der Waals surface area (Å²) in [5, 5.41) is 13.0. The Kier molecular flexibility index (Phi) is 2.06. The largest absolute Gasteiger partial charge is 0.367 e. The van der Waals surface area contributed by atoms with Crippen molar-refractivity contribution in [3.63, 3.8) is 0 Å². The fourth-order valence-corrected chi connectivity index (χ4v) is 0.541. The van der Waals surface area contributed by atoms with Crippen LogP contribution in [0.25, 0.3) is 0 Å². The monoisotopic (exact) mass is 126 g/mol. The average Bonchev–Trinajstić information content (AvgIpc) is 2.34. The van der Waals surface area contributed by atoms with Gasteiger partial charge in [0.05, 0.1) is 6.20 Å². The topological polar surface area (TPSA) is 53.6 Å². The first-order valence-electron chi connectivity index (χ1n) is 3.04. The standard InChI is InChI=1S/C5H10N4/c1-2-3-6-5-4-7-9-8-5/h4H,2-3H2,1H3,(H2,6,7,8,9).